The van der Waals surface area contributed by atoms with Crippen molar-refractivity contribution in [2.45, 2.75) is 19.4 Å². The van der Waals surface area contributed by atoms with E-state index in [4.69, 9.17) is 14.7 Å². The summed E-state index contributed by atoms with van der Waals surface area (Å²) in [4.78, 5) is 0. The van der Waals surface area contributed by atoms with Gasteiger partial charge in [-0.25, -0.2) is 9.82 Å². The molecule has 104 valence electrons. The molecular formula is C15H15FN2O2. The number of para-hydroxylation sites is 1. The Morgan fingerprint density at radius 2 is 2.20 bits per heavy atom. The van der Waals surface area contributed by atoms with Crippen molar-refractivity contribution in [1.82, 2.24) is 5.43 Å². The molecule has 0 aliphatic heterocycles. The standard InChI is InChI=1S/C15H15FN2O2/c1-2-12-10(6-7-19-12)14(18-17)13-8-9-4-3-5-11(16)15(9)20-13/h3-8,14,18H,2,17H2,1H3. The second kappa shape index (κ2) is 5.11. The quantitative estimate of drug-likeness (QED) is 0.566. The van der Waals surface area contributed by atoms with Gasteiger partial charge in [-0.1, -0.05) is 19.1 Å². The van der Waals surface area contributed by atoms with Crippen LogP contribution in [0, 0.1) is 5.82 Å². The van der Waals surface area contributed by atoms with Crippen LogP contribution in [0.4, 0.5) is 4.39 Å². The van der Waals surface area contributed by atoms with Crippen LogP contribution in [0.3, 0.4) is 0 Å². The van der Waals surface area contributed by atoms with Crippen LogP contribution in [0.15, 0.2) is 45.4 Å². The molecule has 0 saturated carbocycles. The Bertz CT molecular complexity index is 732. The van der Waals surface area contributed by atoms with Crippen LogP contribution in [0.5, 0.6) is 0 Å². The molecular weight excluding hydrogens is 259 g/mol. The van der Waals surface area contributed by atoms with Crippen LogP contribution in [-0.2, 0) is 6.42 Å². The first-order valence-corrected chi connectivity index (χ1v) is 6.45. The minimum atomic E-state index is -0.382. The van der Waals surface area contributed by atoms with Gasteiger partial charge in [0.05, 0.1) is 6.26 Å². The molecule has 0 saturated heterocycles. The molecule has 3 rings (SSSR count). The van der Waals surface area contributed by atoms with E-state index >= 15 is 0 Å². The molecule has 1 unspecified atom stereocenters. The third-order valence-corrected chi connectivity index (χ3v) is 3.38. The fourth-order valence-corrected chi connectivity index (χ4v) is 2.41. The molecule has 0 bridgehead atoms. The van der Waals surface area contributed by atoms with Crippen molar-refractivity contribution in [2.24, 2.45) is 5.84 Å². The predicted molar refractivity (Wildman–Crippen MR) is 73.4 cm³/mol. The summed E-state index contributed by atoms with van der Waals surface area (Å²) in [6.45, 7) is 1.99. The van der Waals surface area contributed by atoms with Crippen molar-refractivity contribution in [1.29, 1.82) is 0 Å². The molecule has 3 aromatic rings. The molecule has 3 N–H and O–H groups in total. The monoisotopic (exact) mass is 274 g/mol. The average Bonchev–Trinajstić information content (AvgIpc) is 3.07. The van der Waals surface area contributed by atoms with Crippen molar-refractivity contribution < 1.29 is 13.2 Å². The lowest BCUT2D eigenvalue weighted by molar-refractivity contribution is 0.452. The SMILES string of the molecule is CCc1occc1C(NN)c1cc2cccc(F)c2o1. The van der Waals surface area contributed by atoms with Crippen LogP contribution in [0.25, 0.3) is 11.0 Å². The number of fused-ring (bicyclic) bond motifs is 1. The summed E-state index contributed by atoms with van der Waals surface area (Å²) >= 11 is 0. The largest absolute Gasteiger partial charge is 0.469 e. The summed E-state index contributed by atoms with van der Waals surface area (Å²) in [5, 5.41) is 0.710. The zero-order valence-electron chi connectivity index (χ0n) is 11.0. The zero-order chi connectivity index (χ0) is 14.1. The molecule has 0 aliphatic carbocycles. The number of nitrogens with two attached hydrogens (primary N) is 1. The van der Waals surface area contributed by atoms with Crippen LogP contribution >= 0.6 is 0 Å². The molecule has 0 spiro atoms. The number of rotatable bonds is 4. The first kappa shape index (κ1) is 12.9. The van der Waals surface area contributed by atoms with Gasteiger partial charge in [-0.2, -0.15) is 0 Å². The highest BCUT2D eigenvalue weighted by Gasteiger charge is 2.22. The fourth-order valence-electron chi connectivity index (χ4n) is 2.41. The van der Waals surface area contributed by atoms with E-state index in [1.807, 2.05) is 13.0 Å². The summed E-state index contributed by atoms with van der Waals surface area (Å²) < 4.78 is 24.7. The summed E-state index contributed by atoms with van der Waals surface area (Å²) in [6.07, 6.45) is 2.36. The lowest BCUT2D eigenvalue weighted by atomic mass is 10.0. The minimum Gasteiger partial charge on any atom is -0.469 e. The minimum absolute atomic E-state index is 0.240. The Kier molecular flexibility index (Phi) is 3.30. The maximum atomic E-state index is 13.7. The van der Waals surface area contributed by atoms with Gasteiger partial charge in [-0.05, 0) is 18.2 Å². The molecule has 2 heterocycles. The highest BCUT2D eigenvalue weighted by atomic mass is 19.1. The first-order valence-electron chi connectivity index (χ1n) is 6.45. The number of halogens is 1. The number of hydrazine groups is 1. The molecule has 2 aromatic heterocycles. The highest BCUT2D eigenvalue weighted by Crippen LogP contribution is 2.31. The number of aryl methyl sites for hydroxylation is 1. The smallest absolute Gasteiger partial charge is 0.169 e. The Balaban J connectivity index is 2.10. The molecule has 5 heteroatoms. The maximum absolute atomic E-state index is 13.7. The predicted octanol–water partition coefficient (Wildman–Crippen LogP) is 3.28. The van der Waals surface area contributed by atoms with Gasteiger partial charge in [0.25, 0.3) is 0 Å². The number of nitrogens with one attached hydrogen (secondary N) is 1. The van der Waals surface area contributed by atoms with Gasteiger partial charge in [-0.15, -0.1) is 0 Å². The zero-order valence-corrected chi connectivity index (χ0v) is 11.0. The van der Waals surface area contributed by atoms with Crippen LogP contribution in [0.2, 0.25) is 0 Å². The normalized spacial score (nSPS) is 12.9. The second-order valence-electron chi connectivity index (χ2n) is 4.56. The van der Waals surface area contributed by atoms with Gasteiger partial charge in [0, 0.05) is 17.4 Å². The number of furan rings is 2. The van der Waals surface area contributed by atoms with Gasteiger partial charge < -0.3 is 8.83 Å². The maximum Gasteiger partial charge on any atom is 0.169 e. The lowest BCUT2D eigenvalue weighted by Crippen LogP contribution is -2.28. The number of hydrogen-bond donors (Lipinski definition) is 2. The van der Waals surface area contributed by atoms with Gasteiger partial charge in [-0.3, -0.25) is 5.84 Å². The third kappa shape index (κ3) is 2.01. The third-order valence-electron chi connectivity index (χ3n) is 3.38. The highest BCUT2D eigenvalue weighted by molar-refractivity contribution is 5.78. The van der Waals surface area contributed by atoms with Gasteiger partial charge in [0.2, 0.25) is 0 Å². The van der Waals surface area contributed by atoms with Crippen molar-refractivity contribution in [3.8, 4) is 0 Å². The van der Waals surface area contributed by atoms with Gasteiger partial charge >= 0.3 is 0 Å². The van der Waals surface area contributed by atoms with Crippen molar-refractivity contribution in [3.05, 3.63) is 59.5 Å². The van der Waals surface area contributed by atoms with Gasteiger partial charge in [0.15, 0.2) is 11.4 Å². The molecule has 4 nitrogen and oxygen atoms in total. The van der Waals surface area contributed by atoms with Crippen molar-refractivity contribution >= 4 is 11.0 Å². The van der Waals surface area contributed by atoms with E-state index < -0.39 is 0 Å². The van der Waals surface area contributed by atoms with E-state index in [2.05, 4.69) is 5.43 Å². The molecule has 0 radical (unpaired) electrons. The van der Waals surface area contributed by atoms with Crippen LogP contribution in [-0.4, -0.2) is 0 Å². The van der Waals surface area contributed by atoms with Crippen molar-refractivity contribution in [3.63, 3.8) is 0 Å². The van der Waals surface area contributed by atoms with Crippen LogP contribution < -0.4 is 11.3 Å². The Morgan fingerprint density at radius 3 is 2.90 bits per heavy atom. The Morgan fingerprint density at radius 1 is 1.35 bits per heavy atom. The molecule has 1 atom stereocenters. The average molecular weight is 274 g/mol. The van der Waals surface area contributed by atoms with Crippen LogP contribution in [0.1, 0.15) is 30.0 Å². The van der Waals surface area contributed by atoms with E-state index in [9.17, 15) is 4.39 Å². The number of benzene rings is 1. The number of hydrogen-bond acceptors (Lipinski definition) is 4. The molecule has 20 heavy (non-hydrogen) atoms. The topological polar surface area (TPSA) is 64.3 Å². The second-order valence-corrected chi connectivity index (χ2v) is 4.56. The molecule has 1 aromatic carbocycles. The molecule has 0 amide bonds. The molecule has 0 fully saturated rings. The van der Waals surface area contributed by atoms with E-state index in [0.717, 1.165) is 17.7 Å². The lowest BCUT2D eigenvalue weighted by Gasteiger charge is -2.12. The van der Waals surface area contributed by atoms with E-state index in [1.165, 1.54) is 6.07 Å². The summed E-state index contributed by atoms with van der Waals surface area (Å²) in [6, 6.07) is 8.08. The van der Waals surface area contributed by atoms with E-state index in [0.29, 0.717) is 11.1 Å². The molecule has 0 aliphatic rings. The summed E-state index contributed by atoms with van der Waals surface area (Å²) in [5.41, 5.74) is 3.84. The van der Waals surface area contributed by atoms with E-state index in [-0.39, 0.29) is 17.4 Å². The van der Waals surface area contributed by atoms with Crippen molar-refractivity contribution in [2.75, 3.05) is 0 Å². The summed E-state index contributed by atoms with van der Waals surface area (Å²) in [7, 11) is 0. The van der Waals surface area contributed by atoms with Gasteiger partial charge in [0.1, 0.15) is 17.6 Å². The first-order chi connectivity index (χ1) is 9.74. The fraction of sp³-hybridized carbons (Fsp3) is 0.200. The summed E-state index contributed by atoms with van der Waals surface area (Å²) in [5.74, 6) is 6.64. The van der Waals surface area contributed by atoms with E-state index in [1.54, 1.807) is 24.5 Å². The Hall–Kier alpha value is -2.11. The Labute approximate surface area is 115 Å².